The smallest absolute Gasteiger partial charge is 0.307 e. The monoisotopic (exact) mass is 498 g/mol. The van der Waals surface area contributed by atoms with Crippen molar-refractivity contribution in [3.05, 3.63) is 47.6 Å². The van der Waals surface area contributed by atoms with Gasteiger partial charge in [0.25, 0.3) is 0 Å². The molecule has 4 aromatic rings. The summed E-state index contributed by atoms with van der Waals surface area (Å²) in [5, 5.41) is 11.8. The van der Waals surface area contributed by atoms with Crippen LogP contribution in [-0.2, 0) is 23.1 Å². The number of pyridine rings is 2. The summed E-state index contributed by atoms with van der Waals surface area (Å²) in [6, 6.07) is 4.42. The molecule has 172 valence electrons. The lowest BCUT2D eigenvalue weighted by atomic mass is 10.2. The van der Waals surface area contributed by atoms with Gasteiger partial charge in [-0.25, -0.2) is 23.1 Å². The highest BCUT2D eigenvalue weighted by Gasteiger charge is 2.31. The molecular formula is C18H14ClF3N8O2S. The minimum Gasteiger partial charge on any atom is -0.307 e. The van der Waals surface area contributed by atoms with Gasteiger partial charge in [-0.1, -0.05) is 6.92 Å². The van der Waals surface area contributed by atoms with Crippen LogP contribution in [0.3, 0.4) is 0 Å². The van der Waals surface area contributed by atoms with Crippen molar-refractivity contribution in [1.29, 1.82) is 0 Å². The second-order valence-electron chi connectivity index (χ2n) is 6.71. The molecule has 0 spiro atoms. The summed E-state index contributed by atoms with van der Waals surface area (Å²) in [7, 11) is -2.28. The first-order valence-electron chi connectivity index (χ1n) is 9.26. The van der Waals surface area contributed by atoms with Gasteiger partial charge in [-0.15, -0.1) is 15.3 Å². The van der Waals surface area contributed by atoms with Gasteiger partial charge in [0.15, 0.2) is 27.3 Å². The average Bonchev–Trinajstić information content (AvgIpc) is 3.38. The minimum atomic E-state index is -4.57. The fourth-order valence-electron chi connectivity index (χ4n) is 2.97. The maximum Gasteiger partial charge on any atom is 0.416 e. The quantitative estimate of drug-likeness (QED) is 0.411. The number of halogens is 4. The molecule has 0 aliphatic carbocycles. The van der Waals surface area contributed by atoms with Gasteiger partial charge in [0.1, 0.15) is 17.7 Å². The predicted molar refractivity (Wildman–Crippen MR) is 110 cm³/mol. The third-order valence-electron chi connectivity index (χ3n) is 4.66. The van der Waals surface area contributed by atoms with Gasteiger partial charge in [-0.2, -0.15) is 13.2 Å². The molecule has 33 heavy (non-hydrogen) atoms. The molecule has 0 aromatic carbocycles. The maximum atomic E-state index is 13.1. The van der Waals surface area contributed by atoms with Gasteiger partial charge in [0.05, 0.1) is 16.2 Å². The summed E-state index contributed by atoms with van der Waals surface area (Å²) in [4.78, 5) is 12.0. The van der Waals surface area contributed by atoms with E-state index < -0.39 is 21.6 Å². The Morgan fingerprint density at radius 1 is 1.09 bits per heavy atom. The molecule has 15 heteroatoms. The molecule has 0 aliphatic rings. The van der Waals surface area contributed by atoms with Crippen molar-refractivity contribution in [3.63, 3.8) is 0 Å². The molecule has 4 rings (SSSR count). The molecule has 0 saturated carbocycles. The average molecular weight is 499 g/mol. The summed E-state index contributed by atoms with van der Waals surface area (Å²) in [6.07, 6.45) is -2.28. The molecule has 0 unspecified atom stereocenters. The highest BCUT2D eigenvalue weighted by Crippen LogP contribution is 2.32. The Labute approximate surface area is 190 Å². The fraction of sp³-hybridized carbons (Fsp3) is 0.222. The van der Waals surface area contributed by atoms with Crippen LogP contribution < -0.4 is 0 Å². The van der Waals surface area contributed by atoms with E-state index in [-0.39, 0.29) is 44.8 Å². The Morgan fingerprint density at radius 3 is 2.45 bits per heavy atom. The normalized spacial score (nSPS) is 12.3. The zero-order valence-corrected chi connectivity index (χ0v) is 18.6. The van der Waals surface area contributed by atoms with Crippen molar-refractivity contribution in [2.45, 2.75) is 18.0 Å². The summed E-state index contributed by atoms with van der Waals surface area (Å²) in [5.41, 5.74) is -1.06. The van der Waals surface area contributed by atoms with Crippen LogP contribution >= 0.6 is 11.6 Å². The van der Waals surface area contributed by atoms with Gasteiger partial charge >= 0.3 is 6.18 Å². The first-order chi connectivity index (χ1) is 15.5. The summed E-state index contributed by atoms with van der Waals surface area (Å²) in [6.45, 7) is 1.47. The molecule has 0 bridgehead atoms. The summed E-state index contributed by atoms with van der Waals surface area (Å²) in [5.74, 6) is -0.0202. The fourth-order valence-corrected chi connectivity index (χ4v) is 4.11. The second-order valence-corrected chi connectivity index (χ2v) is 9.30. The van der Waals surface area contributed by atoms with Crippen molar-refractivity contribution < 1.29 is 21.6 Å². The van der Waals surface area contributed by atoms with Crippen LogP contribution in [0.25, 0.3) is 28.9 Å². The largest absolute Gasteiger partial charge is 0.416 e. The van der Waals surface area contributed by atoms with Crippen LogP contribution in [0.15, 0.2) is 41.7 Å². The number of hydrogen-bond donors (Lipinski definition) is 0. The van der Waals surface area contributed by atoms with Crippen LogP contribution in [0.4, 0.5) is 13.2 Å². The van der Waals surface area contributed by atoms with Crippen molar-refractivity contribution in [1.82, 2.24) is 39.5 Å². The lowest BCUT2D eigenvalue weighted by Gasteiger charge is -2.11. The lowest BCUT2D eigenvalue weighted by Crippen LogP contribution is -2.11. The van der Waals surface area contributed by atoms with E-state index in [1.807, 2.05) is 0 Å². The topological polar surface area (TPSA) is 121 Å². The SMILES string of the molecule is CCS(=O)(=O)c1ccc(-n2cnc(Cl)n2)nc1-c1nnc(-c2cc(C(F)(F)F)ccn2)n1C. The van der Waals surface area contributed by atoms with Crippen LogP contribution in [0.2, 0.25) is 5.28 Å². The minimum absolute atomic E-state index is 0.00398. The van der Waals surface area contributed by atoms with E-state index in [2.05, 4.69) is 30.2 Å². The maximum absolute atomic E-state index is 13.1. The van der Waals surface area contributed by atoms with Crippen LogP contribution in [0, 0.1) is 0 Å². The molecule has 0 radical (unpaired) electrons. The van der Waals surface area contributed by atoms with Crippen molar-refractivity contribution in [2.75, 3.05) is 5.75 Å². The van der Waals surface area contributed by atoms with Crippen LogP contribution in [-0.4, -0.2) is 53.7 Å². The first kappa shape index (κ1) is 22.8. The zero-order valence-electron chi connectivity index (χ0n) is 17.0. The number of hydrogen-bond acceptors (Lipinski definition) is 8. The van der Waals surface area contributed by atoms with E-state index in [1.54, 1.807) is 0 Å². The molecule has 0 amide bonds. The number of alkyl halides is 3. The predicted octanol–water partition coefficient (Wildman–Crippen LogP) is 2.99. The third-order valence-corrected chi connectivity index (χ3v) is 6.59. The highest BCUT2D eigenvalue weighted by molar-refractivity contribution is 7.91. The van der Waals surface area contributed by atoms with Crippen molar-refractivity contribution >= 4 is 21.4 Å². The van der Waals surface area contributed by atoms with Crippen LogP contribution in [0.5, 0.6) is 0 Å². The molecule has 0 N–H and O–H groups in total. The molecule has 0 aliphatic heterocycles. The van der Waals surface area contributed by atoms with Crippen molar-refractivity contribution in [2.24, 2.45) is 7.05 Å². The van der Waals surface area contributed by atoms with E-state index in [9.17, 15) is 21.6 Å². The number of sulfone groups is 1. The van der Waals surface area contributed by atoms with E-state index in [4.69, 9.17) is 11.6 Å². The Hall–Kier alpha value is -3.39. The van der Waals surface area contributed by atoms with E-state index in [0.29, 0.717) is 0 Å². The molecule has 10 nitrogen and oxygen atoms in total. The van der Waals surface area contributed by atoms with Gasteiger partial charge in [0, 0.05) is 13.2 Å². The zero-order chi connectivity index (χ0) is 24.0. The number of aromatic nitrogens is 8. The third kappa shape index (κ3) is 4.30. The van der Waals surface area contributed by atoms with Gasteiger partial charge < -0.3 is 4.57 Å². The Balaban J connectivity index is 1.90. The van der Waals surface area contributed by atoms with E-state index in [1.165, 1.54) is 41.7 Å². The van der Waals surface area contributed by atoms with Gasteiger partial charge in [0.2, 0.25) is 5.28 Å². The molecule has 0 atom stereocenters. The molecule has 0 fully saturated rings. The first-order valence-corrected chi connectivity index (χ1v) is 11.3. The molecule has 0 saturated heterocycles. The van der Waals surface area contributed by atoms with Crippen molar-refractivity contribution in [3.8, 4) is 28.9 Å². The molecule has 4 heterocycles. The summed E-state index contributed by atoms with van der Waals surface area (Å²) >= 11 is 5.75. The van der Waals surface area contributed by atoms with Gasteiger partial charge in [-0.05, 0) is 35.9 Å². The molecule has 4 aromatic heterocycles. The standard InChI is InChI=1S/C18H14ClF3N8O2S/c1-3-33(31,32)12-4-5-13(30-9-24-17(19)28-30)25-14(12)16-27-26-15(29(16)2)11-8-10(6-7-23-11)18(20,21)22/h4-9H,3H2,1-2H3. The van der Waals surface area contributed by atoms with Crippen LogP contribution in [0.1, 0.15) is 12.5 Å². The number of nitrogens with zero attached hydrogens (tertiary/aromatic N) is 8. The second kappa shape index (κ2) is 8.19. The Kier molecular flexibility index (Phi) is 5.66. The van der Waals surface area contributed by atoms with E-state index >= 15 is 0 Å². The summed E-state index contributed by atoms with van der Waals surface area (Å²) < 4.78 is 67.3. The van der Waals surface area contributed by atoms with E-state index in [0.717, 1.165) is 18.3 Å². The Morgan fingerprint density at radius 2 is 1.82 bits per heavy atom. The lowest BCUT2D eigenvalue weighted by molar-refractivity contribution is -0.137. The Bertz CT molecular complexity index is 1450. The van der Waals surface area contributed by atoms with Gasteiger partial charge in [-0.3, -0.25) is 4.98 Å². The molecular weight excluding hydrogens is 485 g/mol. The number of rotatable bonds is 5. The highest BCUT2D eigenvalue weighted by atomic mass is 35.5.